The highest BCUT2D eigenvalue weighted by Crippen LogP contribution is 2.42. The van der Waals surface area contributed by atoms with Gasteiger partial charge in [0.15, 0.2) is 18.3 Å². The smallest absolute Gasteiger partial charge is 0.308 e. The summed E-state index contributed by atoms with van der Waals surface area (Å²) in [5.74, 6) is -2.74. The van der Waals surface area contributed by atoms with E-state index < -0.39 is 67.0 Å². The molecular weight excluding hydrogens is 600 g/mol. The van der Waals surface area contributed by atoms with E-state index in [1.807, 2.05) is 26.8 Å². The first-order chi connectivity index (χ1) is 21.6. The van der Waals surface area contributed by atoms with Crippen LogP contribution in [0.2, 0.25) is 0 Å². The molecule has 1 aromatic heterocycles. The van der Waals surface area contributed by atoms with Crippen LogP contribution in [0.5, 0.6) is 5.75 Å². The monoisotopic (exact) mass is 638 g/mol. The Morgan fingerprint density at radius 2 is 1.35 bits per heavy atom. The lowest BCUT2D eigenvalue weighted by Crippen LogP contribution is -2.59. The lowest BCUT2D eigenvalue weighted by Gasteiger charge is -2.44. The minimum Gasteiger partial charge on any atom is -0.463 e. The van der Waals surface area contributed by atoms with Crippen molar-refractivity contribution in [3.8, 4) is 5.75 Å². The molecule has 1 saturated heterocycles. The standard InChI is InChI=1S/C34H38O12/c1-16-11-17(2)26-14-25(45-30(26)18(16)3)12-24-9-10-28(41-20(5)36)27(13-24)31-33(43-22(7)38)34(44-23(8)39)32(42-21(6)37)29(46-31)15-40-19(4)35/h9-11,13-14,29,31-34H,12,15H2,1-8H3/t29?,31-,32+,33-,34?/m0/s1. The Hall–Kier alpha value is -4.71. The second kappa shape index (κ2) is 14.2. The Balaban J connectivity index is 1.85. The first-order valence-electron chi connectivity index (χ1n) is 14.8. The number of carbonyl (C=O) groups excluding carboxylic acids is 5. The predicted octanol–water partition coefficient (Wildman–Crippen LogP) is 4.67. The van der Waals surface area contributed by atoms with E-state index in [1.165, 1.54) is 13.8 Å². The zero-order chi connectivity index (χ0) is 33.9. The van der Waals surface area contributed by atoms with Crippen LogP contribution in [0.3, 0.4) is 0 Å². The summed E-state index contributed by atoms with van der Waals surface area (Å²) in [6.45, 7) is 11.5. The Labute approximate surface area is 266 Å². The van der Waals surface area contributed by atoms with Crippen molar-refractivity contribution in [3.05, 3.63) is 63.9 Å². The molecule has 2 unspecified atom stereocenters. The Kier molecular flexibility index (Phi) is 10.5. The van der Waals surface area contributed by atoms with Crippen molar-refractivity contribution in [1.29, 1.82) is 0 Å². The third-order valence-corrected chi connectivity index (χ3v) is 7.58. The summed E-state index contributed by atoms with van der Waals surface area (Å²) in [4.78, 5) is 60.7. The van der Waals surface area contributed by atoms with Gasteiger partial charge in [0.2, 0.25) is 0 Å². The second-order valence-electron chi connectivity index (χ2n) is 11.4. The third kappa shape index (κ3) is 7.92. The number of carbonyl (C=O) groups is 5. The maximum absolute atomic E-state index is 12.4. The van der Waals surface area contributed by atoms with Crippen LogP contribution in [0, 0.1) is 20.8 Å². The number of esters is 5. The van der Waals surface area contributed by atoms with Crippen LogP contribution < -0.4 is 4.74 Å². The van der Waals surface area contributed by atoms with Gasteiger partial charge in [-0.2, -0.15) is 0 Å². The van der Waals surface area contributed by atoms with Crippen molar-refractivity contribution >= 4 is 40.8 Å². The molecule has 0 N–H and O–H groups in total. The lowest BCUT2D eigenvalue weighted by molar-refractivity contribution is -0.254. The van der Waals surface area contributed by atoms with Gasteiger partial charge in [0.25, 0.3) is 0 Å². The molecule has 1 aliphatic rings. The minimum absolute atomic E-state index is 0.0871. The van der Waals surface area contributed by atoms with Crippen LogP contribution in [0.25, 0.3) is 11.0 Å². The van der Waals surface area contributed by atoms with E-state index in [9.17, 15) is 24.0 Å². The molecule has 0 amide bonds. The molecule has 12 nitrogen and oxygen atoms in total. The first kappa shape index (κ1) is 34.2. The molecule has 12 heteroatoms. The van der Waals surface area contributed by atoms with E-state index >= 15 is 0 Å². The molecule has 1 aliphatic heterocycles. The molecule has 46 heavy (non-hydrogen) atoms. The van der Waals surface area contributed by atoms with Crippen LogP contribution in [0.4, 0.5) is 0 Å². The fraction of sp³-hybridized carbons (Fsp3) is 0.441. The lowest BCUT2D eigenvalue weighted by atomic mass is 9.89. The Bertz CT molecular complexity index is 1670. The maximum Gasteiger partial charge on any atom is 0.308 e. The van der Waals surface area contributed by atoms with E-state index in [1.54, 1.807) is 18.2 Å². The van der Waals surface area contributed by atoms with Crippen molar-refractivity contribution in [3.63, 3.8) is 0 Å². The molecule has 5 atom stereocenters. The molecule has 0 aliphatic carbocycles. The van der Waals surface area contributed by atoms with E-state index in [0.717, 1.165) is 54.0 Å². The number of rotatable bonds is 9. The molecule has 2 aromatic carbocycles. The Morgan fingerprint density at radius 3 is 1.96 bits per heavy atom. The molecule has 2 heterocycles. The highest BCUT2D eigenvalue weighted by atomic mass is 16.7. The number of furan rings is 1. The van der Waals surface area contributed by atoms with Crippen molar-refractivity contribution < 1.29 is 56.8 Å². The second-order valence-corrected chi connectivity index (χ2v) is 11.4. The summed E-state index contributed by atoms with van der Waals surface area (Å²) >= 11 is 0. The summed E-state index contributed by atoms with van der Waals surface area (Å²) in [5, 5.41) is 0.995. The summed E-state index contributed by atoms with van der Waals surface area (Å²) in [7, 11) is 0. The average Bonchev–Trinajstić information content (AvgIpc) is 3.37. The molecule has 0 saturated carbocycles. The number of hydrogen-bond acceptors (Lipinski definition) is 12. The van der Waals surface area contributed by atoms with E-state index in [0.29, 0.717) is 12.2 Å². The van der Waals surface area contributed by atoms with Crippen molar-refractivity contribution in [2.24, 2.45) is 0 Å². The normalized spacial score (nSPS) is 20.9. The van der Waals surface area contributed by atoms with E-state index in [-0.39, 0.29) is 11.3 Å². The SMILES string of the molecule is CC(=O)OCC1O[C@@H](c2cc(Cc3cc4c(C)cc(C)c(C)c4o3)ccc2OC(C)=O)[C@H](OC(C)=O)C(OC(C)=O)[C@@H]1OC(C)=O. The quantitative estimate of drug-likeness (QED) is 0.182. The summed E-state index contributed by atoms with van der Waals surface area (Å²) in [6, 6.07) is 9.12. The molecule has 246 valence electrons. The molecule has 1 fully saturated rings. The summed E-state index contributed by atoms with van der Waals surface area (Å²) in [5.41, 5.74) is 5.02. The van der Waals surface area contributed by atoms with Gasteiger partial charge in [0.05, 0.1) is 0 Å². The fourth-order valence-corrected chi connectivity index (χ4v) is 5.65. The van der Waals surface area contributed by atoms with Crippen LogP contribution in [-0.2, 0) is 54.1 Å². The van der Waals surface area contributed by atoms with Gasteiger partial charge in [-0.1, -0.05) is 12.1 Å². The predicted molar refractivity (Wildman–Crippen MR) is 162 cm³/mol. The van der Waals surface area contributed by atoms with Gasteiger partial charge in [-0.25, -0.2) is 0 Å². The third-order valence-electron chi connectivity index (χ3n) is 7.58. The van der Waals surface area contributed by atoms with E-state index in [2.05, 4.69) is 6.07 Å². The average molecular weight is 639 g/mol. The highest BCUT2D eigenvalue weighted by Gasteiger charge is 2.53. The van der Waals surface area contributed by atoms with Gasteiger partial charge >= 0.3 is 29.8 Å². The first-order valence-corrected chi connectivity index (χ1v) is 14.8. The number of benzene rings is 2. The van der Waals surface area contributed by atoms with Gasteiger partial charge in [-0.15, -0.1) is 0 Å². The molecule has 3 aromatic rings. The van der Waals surface area contributed by atoms with Gasteiger partial charge in [0, 0.05) is 52.0 Å². The Morgan fingerprint density at radius 1 is 0.717 bits per heavy atom. The number of hydrogen-bond donors (Lipinski definition) is 0. The van der Waals surface area contributed by atoms with Crippen molar-refractivity contribution in [2.75, 3.05) is 6.61 Å². The number of aryl methyl sites for hydroxylation is 3. The van der Waals surface area contributed by atoms with Crippen LogP contribution >= 0.6 is 0 Å². The van der Waals surface area contributed by atoms with Crippen molar-refractivity contribution in [2.45, 2.75) is 92.3 Å². The molecule has 0 bridgehead atoms. The molecule has 0 spiro atoms. The topological polar surface area (TPSA) is 154 Å². The number of fused-ring (bicyclic) bond motifs is 1. The van der Waals surface area contributed by atoms with Crippen molar-refractivity contribution in [1.82, 2.24) is 0 Å². The van der Waals surface area contributed by atoms with E-state index in [4.69, 9.17) is 32.8 Å². The fourth-order valence-electron chi connectivity index (χ4n) is 5.65. The summed E-state index contributed by atoms with van der Waals surface area (Å²) in [6.07, 6.45) is -6.16. The maximum atomic E-state index is 12.4. The number of ether oxygens (including phenoxy) is 6. The summed E-state index contributed by atoms with van der Waals surface area (Å²) < 4.78 is 40.0. The van der Waals surface area contributed by atoms with Crippen LogP contribution in [0.1, 0.15) is 74.3 Å². The zero-order valence-corrected chi connectivity index (χ0v) is 27.1. The van der Waals surface area contributed by atoms with Gasteiger partial charge in [0.1, 0.15) is 35.9 Å². The molecular formula is C34H38O12. The largest absolute Gasteiger partial charge is 0.463 e. The van der Waals surface area contributed by atoms with Crippen LogP contribution in [0.15, 0.2) is 34.7 Å². The molecule has 0 radical (unpaired) electrons. The van der Waals surface area contributed by atoms with Crippen LogP contribution in [-0.4, -0.2) is 60.9 Å². The van der Waals surface area contributed by atoms with Gasteiger partial charge in [-0.3, -0.25) is 24.0 Å². The molecule has 4 rings (SSSR count). The highest BCUT2D eigenvalue weighted by molar-refractivity contribution is 5.85. The van der Waals surface area contributed by atoms with Gasteiger partial charge in [-0.05, 0) is 61.2 Å². The van der Waals surface area contributed by atoms with Gasteiger partial charge < -0.3 is 32.8 Å². The zero-order valence-electron chi connectivity index (χ0n) is 27.1. The minimum atomic E-state index is -1.39.